The summed E-state index contributed by atoms with van der Waals surface area (Å²) in [4.78, 5) is 4.69. The van der Waals surface area contributed by atoms with Crippen molar-refractivity contribution in [2.75, 3.05) is 0 Å². The van der Waals surface area contributed by atoms with Crippen LogP contribution in [-0.2, 0) is 0 Å². The van der Waals surface area contributed by atoms with Gasteiger partial charge in [0.05, 0.1) is 11.2 Å². The van der Waals surface area contributed by atoms with Crippen molar-refractivity contribution in [2.45, 2.75) is 12.2 Å². The van der Waals surface area contributed by atoms with Crippen molar-refractivity contribution in [1.82, 2.24) is 4.98 Å². The fourth-order valence-electron chi connectivity index (χ4n) is 3.70. The number of nitrogens with zero attached hydrogens (tertiary/aromatic N) is 1. The van der Waals surface area contributed by atoms with E-state index in [2.05, 4.69) is 23.2 Å². The SMILES string of the molecule is OC1c2ccccc2-c2cc3c(ccc4ccccc43)nc2C1O. The molecule has 3 aromatic carbocycles. The molecule has 3 nitrogen and oxygen atoms in total. The van der Waals surface area contributed by atoms with Gasteiger partial charge in [0.1, 0.15) is 12.2 Å². The van der Waals surface area contributed by atoms with Crippen LogP contribution in [0.3, 0.4) is 0 Å². The summed E-state index contributed by atoms with van der Waals surface area (Å²) in [5.41, 5.74) is 3.96. The van der Waals surface area contributed by atoms with Crippen molar-refractivity contribution in [3.63, 3.8) is 0 Å². The third-order valence-corrected chi connectivity index (χ3v) is 4.90. The highest BCUT2D eigenvalue weighted by molar-refractivity contribution is 6.07. The van der Waals surface area contributed by atoms with Gasteiger partial charge in [0, 0.05) is 10.9 Å². The maximum absolute atomic E-state index is 10.5. The third kappa shape index (κ3) is 1.77. The van der Waals surface area contributed by atoms with Gasteiger partial charge in [-0.15, -0.1) is 0 Å². The van der Waals surface area contributed by atoms with Crippen molar-refractivity contribution in [3.05, 3.63) is 78.0 Å². The number of aliphatic hydroxyl groups is 2. The van der Waals surface area contributed by atoms with Crippen LogP contribution in [0.1, 0.15) is 23.5 Å². The van der Waals surface area contributed by atoms with Crippen LogP contribution < -0.4 is 0 Å². The Balaban J connectivity index is 1.92. The van der Waals surface area contributed by atoms with Gasteiger partial charge in [-0.1, -0.05) is 54.6 Å². The van der Waals surface area contributed by atoms with E-state index in [0.29, 0.717) is 5.69 Å². The number of aromatic nitrogens is 1. The Labute approximate surface area is 138 Å². The van der Waals surface area contributed by atoms with Crippen molar-refractivity contribution >= 4 is 21.7 Å². The molecule has 1 aromatic heterocycles. The van der Waals surface area contributed by atoms with Gasteiger partial charge in [0.2, 0.25) is 0 Å². The second-order valence-corrected chi connectivity index (χ2v) is 6.25. The van der Waals surface area contributed by atoms with Gasteiger partial charge in [-0.25, -0.2) is 4.98 Å². The maximum atomic E-state index is 10.5. The minimum atomic E-state index is -1.01. The molecule has 1 aliphatic rings. The minimum absolute atomic E-state index is 0.545. The molecule has 2 N–H and O–H groups in total. The molecule has 5 rings (SSSR count). The molecule has 24 heavy (non-hydrogen) atoms. The van der Waals surface area contributed by atoms with E-state index in [1.807, 2.05) is 48.5 Å². The average Bonchev–Trinajstić information content (AvgIpc) is 2.65. The van der Waals surface area contributed by atoms with E-state index < -0.39 is 12.2 Å². The molecular formula is C21H15NO2. The first-order chi connectivity index (χ1) is 11.7. The van der Waals surface area contributed by atoms with Crippen LogP contribution >= 0.6 is 0 Å². The van der Waals surface area contributed by atoms with Gasteiger partial charge in [0.15, 0.2) is 0 Å². The van der Waals surface area contributed by atoms with Crippen LogP contribution in [-0.4, -0.2) is 15.2 Å². The van der Waals surface area contributed by atoms with Crippen LogP contribution in [0.5, 0.6) is 0 Å². The lowest BCUT2D eigenvalue weighted by Gasteiger charge is -2.28. The first-order valence-corrected chi connectivity index (χ1v) is 8.02. The van der Waals surface area contributed by atoms with E-state index in [0.717, 1.165) is 38.4 Å². The highest BCUT2D eigenvalue weighted by Gasteiger charge is 2.32. The average molecular weight is 313 g/mol. The van der Waals surface area contributed by atoms with E-state index in [1.165, 1.54) is 0 Å². The normalized spacial score (nSPS) is 19.2. The second kappa shape index (κ2) is 4.87. The van der Waals surface area contributed by atoms with Crippen molar-refractivity contribution in [2.24, 2.45) is 0 Å². The number of benzene rings is 3. The fraction of sp³-hybridized carbons (Fsp3) is 0.0952. The molecule has 116 valence electrons. The van der Waals surface area contributed by atoms with Crippen molar-refractivity contribution in [1.29, 1.82) is 0 Å². The molecule has 3 heteroatoms. The van der Waals surface area contributed by atoms with Crippen LogP contribution in [0.2, 0.25) is 0 Å². The topological polar surface area (TPSA) is 53.4 Å². The first kappa shape index (κ1) is 13.7. The summed E-state index contributed by atoms with van der Waals surface area (Å²) in [6.45, 7) is 0. The molecule has 0 fully saturated rings. The zero-order valence-electron chi connectivity index (χ0n) is 12.8. The molecule has 4 aromatic rings. The summed E-state index contributed by atoms with van der Waals surface area (Å²) in [5, 5.41) is 24.3. The molecule has 0 radical (unpaired) electrons. The summed E-state index contributed by atoms with van der Waals surface area (Å²) in [7, 11) is 0. The lowest BCUT2D eigenvalue weighted by molar-refractivity contribution is 0.0133. The van der Waals surface area contributed by atoms with Crippen molar-refractivity contribution in [3.8, 4) is 11.1 Å². The van der Waals surface area contributed by atoms with E-state index >= 15 is 0 Å². The first-order valence-electron chi connectivity index (χ1n) is 8.02. The molecule has 0 saturated heterocycles. The monoisotopic (exact) mass is 313 g/mol. The number of pyridine rings is 1. The largest absolute Gasteiger partial charge is 0.385 e. The van der Waals surface area contributed by atoms with Gasteiger partial charge < -0.3 is 10.2 Å². The highest BCUT2D eigenvalue weighted by Crippen LogP contribution is 2.44. The summed E-state index contributed by atoms with van der Waals surface area (Å²) < 4.78 is 0. The number of fused-ring (bicyclic) bond motifs is 6. The molecule has 2 atom stereocenters. The molecule has 0 aliphatic heterocycles. The quantitative estimate of drug-likeness (QED) is 0.480. The van der Waals surface area contributed by atoms with Gasteiger partial charge in [-0.3, -0.25) is 0 Å². The maximum Gasteiger partial charge on any atom is 0.127 e. The Bertz CT molecular complexity index is 1100. The number of aliphatic hydroxyl groups excluding tert-OH is 2. The van der Waals surface area contributed by atoms with E-state index in [9.17, 15) is 10.2 Å². The van der Waals surface area contributed by atoms with E-state index in [1.54, 1.807) is 0 Å². The molecule has 1 aliphatic carbocycles. The standard InChI is InChI=1S/C21H15NO2/c23-20-15-8-4-3-7-14(15)17-11-16-13-6-2-1-5-12(13)9-10-18(16)22-19(17)21(20)24/h1-11,20-21,23-24H. The molecule has 2 unspecified atom stereocenters. The van der Waals surface area contributed by atoms with Crippen molar-refractivity contribution < 1.29 is 10.2 Å². The zero-order chi connectivity index (χ0) is 16.3. The lowest BCUT2D eigenvalue weighted by atomic mass is 9.84. The minimum Gasteiger partial charge on any atom is -0.385 e. The van der Waals surface area contributed by atoms with E-state index in [4.69, 9.17) is 0 Å². The van der Waals surface area contributed by atoms with Gasteiger partial charge in [-0.2, -0.15) is 0 Å². The summed E-state index contributed by atoms with van der Waals surface area (Å²) in [5.74, 6) is 0. The summed E-state index contributed by atoms with van der Waals surface area (Å²) in [6.07, 6.45) is -1.95. The molecule has 0 spiro atoms. The molecule has 0 amide bonds. The second-order valence-electron chi connectivity index (χ2n) is 6.25. The summed E-state index contributed by atoms with van der Waals surface area (Å²) in [6, 6.07) is 22.0. The third-order valence-electron chi connectivity index (χ3n) is 4.90. The summed E-state index contributed by atoms with van der Waals surface area (Å²) >= 11 is 0. The van der Waals surface area contributed by atoms with Gasteiger partial charge in [-0.05, 0) is 34.0 Å². The fourth-order valence-corrected chi connectivity index (χ4v) is 3.70. The Morgan fingerprint density at radius 1 is 0.708 bits per heavy atom. The highest BCUT2D eigenvalue weighted by atomic mass is 16.3. The predicted molar refractivity (Wildman–Crippen MR) is 94.6 cm³/mol. The number of hydrogen-bond acceptors (Lipinski definition) is 3. The molecule has 1 heterocycles. The Hall–Kier alpha value is -2.75. The number of rotatable bonds is 0. The Morgan fingerprint density at radius 3 is 2.42 bits per heavy atom. The smallest absolute Gasteiger partial charge is 0.127 e. The van der Waals surface area contributed by atoms with Crippen LogP contribution in [0.25, 0.3) is 32.8 Å². The lowest BCUT2D eigenvalue weighted by Crippen LogP contribution is -2.18. The van der Waals surface area contributed by atoms with E-state index in [-0.39, 0.29) is 0 Å². The zero-order valence-corrected chi connectivity index (χ0v) is 12.8. The van der Waals surface area contributed by atoms with Crippen LogP contribution in [0, 0.1) is 0 Å². The predicted octanol–water partition coefficient (Wildman–Crippen LogP) is 4.14. The van der Waals surface area contributed by atoms with Crippen LogP contribution in [0.4, 0.5) is 0 Å². The Kier molecular flexibility index (Phi) is 2.77. The number of hydrogen-bond donors (Lipinski definition) is 2. The molecular weight excluding hydrogens is 298 g/mol. The molecule has 0 bridgehead atoms. The van der Waals surface area contributed by atoms with Gasteiger partial charge >= 0.3 is 0 Å². The molecule has 0 saturated carbocycles. The Morgan fingerprint density at radius 2 is 1.50 bits per heavy atom. The van der Waals surface area contributed by atoms with Gasteiger partial charge in [0.25, 0.3) is 0 Å². The van der Waals surface area contributed by atoms with Crippen LogP contribution in [0.15, 0.2) is 66.7 Å².